The van der Waals surface area contributed by atoms with Gasteiger partial charge < -0.3 is 19.6 Å². The summed E-state index contributed by atoms with van der Waals surface area (Å²) < 4.78 is 48.0. The molecular weight excluding hydrogens is 369 g/mol. The Balaban J connectivity index is 1.71. The fourth-order valence-corrected chi connectivity index (χ4v) is 2.96. The van der Waals surface area contributed by atoms with E-state index >= 15 is 0 Å². The Kier molecular flexibility index (Phi) is 4.50. The number of rotatable bonds is 5. The normalized spacial score (nSPS) is 21.8. The zero-order valence-corrected chi connectivity index (χ0v) is 14.7. The maximum atomic E-state index is 12.2. The van der Waals surface area contributed by atoms with Crippen LogP contribution in [0.3, 0.4) is 0 Å². The van der Waals surface area contributed by atoms with E-state index in [1.54, 1.807) is 11.6 Å². The lowest BCUT2D eigenvalue weighted by molar-refractivity contribution is -0.389. The van der Waals surface area contributed by atoms with Gasteiger partial charge in [-0.2, -0.15) is 0 Å². The number of nitrogens with zero attached hydrogens (tertiary/aromatic N) is 4. The quantitative estimate of drug-likeness (QED) is 0.578. The molecule has 0 bridgehead atoms. The molecule has 2 atom stereocenters. The summed E-state index contributed by atoms with van der Waals surface area (Å²) in [4.78, 5) is 16.0. The summed E-state index contributed by atoms with van der Waals surface area (Å²) in [5, 5.41) is 10.8. The summed E-state index contributed by atoms with van der Waals surface area (Å²) in [5.41, 5.74) is -0.0851. The first-order valence-corrected chi connectivity index (χ1v) is 7.98. The van der Waals surface area contributed by atoms with Gasteiger partial charge in [-0.15, -0.1) is 13.2 Å². The van der Waals surface area contributed by atoms with E-state index < -0.39 is 17.0 Å². The molecule has 0 amide bonds. The van der Waals surface area contributed by atoms with E-state index in [1.807, 2.05) is 18.7 Å². The first-order chi connectivity index (χ1) is 12.5. The maximum Gasteiger partial charge on any atom is 0.573 e. The summed E-state index contributed by atoms with van der Waals surface area (Å²) in [6.45, 7) is 4.04. The van der Waals surface area contributed by atoms with Crippen molar-refractivity contribution in [2.45, 2.75) is 38.5 Å². The van der Waals surface area contributed by atoms with Crippen molar-refractivity contribution in [3.8, 4) is 11.8 Å². The summed E-state index contributed by atoms with van der Waals surface area (Å²) in [5.74, 6) is -0.583. The standard InChI is InChI=1S/C16H17F3N4O4/c1-10-15(2,27-14-20-13(23(24)25)9-22(10)14)21(3)8-11-4-6-12(7-5-11)26-16(17,18)19/h4-7,9-10H,8H2,1-3H3/t10?,15-/m0/s1. The number of hydrogen-bond donors (Lipinski definition) is 0. The Bertz CT molecular complexity index is 852. The maximum absolute atomic E-state index is 12.2. The van der Waals surface area contributed by atoms with Gasteiger partial charge in [0.1, 0.15) is 11.9 Å². The van der Waals surface area contributed by atoms with Crippen molar-refractivity contribution in [2.24, 2.45) is 0 Å². The molecule has 146 valence electrons. The highest BCUT2D eigenvalue weighted by molar-refractivity contribution is 5.28. The molecule has 11 heteroatoms. The van der Waals surface area contributed by atoms with Gasteiger partial charge in [-0.1, -0.05) is 12.1 Å². The molecule has 0 saturated carbocycles. The average Bonchev–Trinajstić information content (AvgIpc) is 3.07. The highest BCUT2D eigenvalue weighted by Gasteiger charge is 2.49. The third kappa shape index (κ3) is 3.68. The number of aromatic nitrogens is 2. The number of ether oxygens (including phenoxy) is 2. The highest BCUT2D eigenvalue weighted by atomic mass is 19.4. The minimum Gasteiger partial charge on any atom is -0.422 e. The molecular formula is C16H17F3N4O4. The smallest absolute Gasteiger partial charge is 0.422 e. The second kappa shape index (κ2) is 6.41. The number of imidazole rings is 1. The van der Waals surface area contributed by atoms with Crippen LogP contribution in [0.2, 0.25) is 0 Å². The molecule has 1 aliphatic heterocycles. The molecule has 0 aliphatic carbocycles. The number of alkyl halides is 3. The zero-order valence-electron chi connectivity index (χ0n) is 14.7. The van der Waals surface area contributed by atoms with E-state index in [9.17, 15) is 23.3 Å². The summed E-state index contributed by atoms with van der Waals surface area (Å²) >= 11 is 0. The van der Waals surface area contributed by atoms with Crippen LogP contribution in [0.5, 0.6) is 11.8 Å². The molecule has 0 spiro atoms. The number of halogens is 3. The second-order valence-corrected chi connectivity index (χ2v) is 6.43. The molecule has 1 aliphatic rings. The Morgan fingerprint density at radius 1 is 1.41 bits per heavy atom. The topological polar surface area (TPSA) is 82.7 Å². The van der Waals surface area contributed by atoms with E-state index in [2.05, 4.69) is 9.72 Å². The van der Waals surface area contributed by atoms with Crippen molar-refractivity contribution in [1.82, 2.24) is 14.5 Å². The SMILES string of the molecule is CC1n2cc([N+](=O)[O-])nc2O[C@]1(C)N(C)Cc1ccc(OC(F)(F)F)cc1. The van der Waals surface area contributed by atoms with Crippen LogP contribution >= 0.6 is 0 Å². The molecule has 0 fully saturated rings. The predicted octanol–water partition coefficient (Wildman–Crippen LogP) is 3.49. The Labute approximate surface area is 152 Å². The lowest BCUT2D eigenvalue weighted by Crippen LogP contribution is -2.49. The lowest BCUT2D eigenvalue weighted by atomic mass is 10.1. The van der Waals surface area contributed by atoms with Crippen LogP contribution < -0.4 is 9.47 Å². The van der Waals surface area contributed by atoms with Crippen LogP contribution in [-0.2, 0) is 6.54 Å². The fourth-order valence-electron chi connectivity index (χ4n) is 2.96. The number of benzene rings is 1. The van der Waals surface area contributed by atoms with Crippen LogP contribution in [0.4, 0.5) is 19.0 Å². The third-order valence-corrected chi connectivity index (χ3v) is 4.70. The summed E-state index contributed by atoms with van der Waals surface area (Å²) in [6.07, 6.45) is -3.41. The van der Waals surface area contributed by atoms with Gasteiger partial charge in [0.15, 0.2) is 5.72 Å². The van der Waals surface area contributed by atoms with Gasteiger partial charge in [-0.05, 0) is 43.5 Å². The van der Waals surface area contributed by atoms with Crippen molar-refractivity contribution >= 4 is 5.82 Å². The van der Waals surface area contributed by atoms with E-state index in [-0.39, 0.29) is 23.6 Å². The van der Waals surface area contributed by atoms with Crippen molar-refractivity contribution in [3.05, 3.63) is 46.1 Å². The van der Waals surface area contributed by atoms with E-state index in [1.165, 1.54) is 30.5 Å². The van der Waals surface area contributed by atoms with Crippen molar-refractivity contribution in [3.63, 3.8) is 0 Å². The Morgan fingerprint density at radius 2 is 2.04 bits per heavy atom. The van der Waals surface area contributed by atoms with Crippen LogP contribution in [0, 0.1) is 10.1 Å². The van der Waals surface area contributed by atoms with Crippen LogP contribution in [0.25, 0.3) is 0 Å². The molecule has 1 aromatic heterocycles. The summed E-state index contributed by atoms with van der Waals surface area (Å²) in [7, 11) is 1.79. The van der Waals surface area contributed by atoms with Gasteiger partial charge >= 0.3 is 18.2 Å². The zero-order chi connectivity index (χ0) is 20.0. The molecule has 8 nitrogen and oxygen atoms in total. The van der Waals surface area contributed by atoms with Crippen molar-refractivity contribution < 1.29 is 27.6 Å². The molecule has 0 radical (unpaired) electrons. The summed E-state index contributed by atoms with van der Waals surface area (Å²) in [6, 6.07) is 5.43. The van der Waals surface area contributed by atoms with Gasteiger partial charge in [0.05, 0.1) is 6.04 Å². The third-order valence-electron chi connectivity index (χ3n) is 4.70. The number of hydrogen-bond acceptors (Lipinski definition) is 6. The van der Waals surface area contributed by atoms with Crippen LogP contribution in [0.1, 0.15) is 25.5 Å². The van der Waals surface area contributed by atoms with Crippen molar-refractivity contribution in [2.75, 3.05) is 7.05 Å². The molecule has 1 unspecified atom stereocenters. The first kappa shape index (κ1) is 19.0. The minimum atomic E-state index is -4.73. The largest absolute Gasteiger partial charge is 0.573 e. The van der Waals surface area contributed by atoms with Gasteiger partial charge in [0, 0.05) is 11.5 Å². The number of nitro groups is 1. The number of likely N-dealkylation sites (N-methyl/N-ethyl adjacent to an activating group) is 1. The molecule has 27 heavy (non-hydrogen) atoms. The van der Waals surface area contributed by atoms with Gasteiger partial charge in [-0.3, -0.25) is 9.47 Å². The molecule has 3 rings (SSSR count). The van der Waals surface area contributed by atoms with Crippen LogP contribution in [0.15, 0.2) is 30.5 Å². The molecule has 2 heterocycles. The second-order valence-electron chi connectivity index (χ2n) is 6.43. The molecule has 0 saturated heterocycles. The van der Waals surface area contributed by atoms with E-state index in [0.29, 0.717) is 6.54 Å². The first-order valence-electron chi connectivity index (χ1n) is 7.98. The predicted molar refractivity (Wildman–Crippen MR) is 87.2 cm³/mol. The average molecular weight is 386 g/mol. The monoisotopic (exact) mass is 386 g/mol. The Hall–Kier alpha value is -2.82. The van der Waals surface area contributed by atoms with Gasteiger partial charge in [0.2, 0.25) is 0 Å². The van der Waals surface area contributed by atoms with Gasteiger partial charge in [0.25, 0.3) is 0 Å². The van der Waals surface area contributed by atoms with Crippen LogP contribution in [-0.4, -0.2) is 38.5 Å². The molecule has 1 aromatic carbocycles. The molecule has 2 aromatic rings. The molecule has 0 N–H and O–H groups in total. The lowest BCUT2D eigenvalue weighted by Gasteiger charge is -2.36. The minimum absolute atomic E-state index is 0.150. The fraction of sp³-hybridized carbons (Fsp3) is 0.438. The number of fused-ring (bicyclic) bond motifs is 1. The highest BCUT2D eigenvalue weighted by Crippen LogP contribution is 2.41. The van der Waals surface area contributed by atoms with Gasteiger partial charge in [-0.25, -0.2) is 0 Å². The van der Waals surface area contributed by atoms with E-state index in [0.717, 1.165) is 5.56 Å². The van der Waals surface area contributed by atoms with E-state index in [4.69, 9.17) is 4.74 Å². The van der Waals surface area contributed by atoms with Crippen molar-refractivity contribution in [1.29, 1.82) is 0 Å². The Morgan fingerprint density at radius 3 is 2.56 bits per heavy atom.